The zero-order chi connectivity index (χ0) is 19.8. The molecule has 0 bridgehead atoms. The Morgan fingerprint density at radius 1 is 1.10 bits per heavy atom. The largest absolute Gasteiger partial charge is 0.496 e. The van der Waals surface area contributed by atoms with Gasteiger partial charge in [-0.25, -0.2) is 4.39 Å². The second-order valence-electron chi connectivity index (χ2n) is 8.30. The molecule has 1 aromatic heterocycles. The third-order valence-corrected chi connectivity index (χ3v) is 6.51. The molecule has 0 radical (unpaired) electrons. The van der Waals surface area contributed by atoms with Crippen molar-refractivity contribution in [3.63, 3.8) is 0 Å². The van der Waals surface area contributed by atoms with Crippen LogP contribution in [0.5, 0.6) is 11.5 Å². The Labute approximate surface area is 170 Å². The SMILES string of the molecule is COc1cccc2c1CC(N[C@H]1CC[C@@H](c3c[nH]c4ccc(F)cc43)CC1)CO2. The number of hydrogen-bond donors (Lipinski definition) is 2. The van der Waals surface area contributed by atoms with E-state index in [2.05, 4.69) is 16.5 Å². The molecule has 1 aliphatic carbocycles. The normalized spacial score (nSPS) is 24.1. The summed E-state index contributed by atoms with van der Waals surface area (Å²) in [4.78, 5) is 3.30. The number of H-pyrrole nitrogens is 1. The lowest BCUT2D eigenvalue weighted by atomic mass is 9.81. The third kappa shape index (κ3) is 3.60. The maximum absolute atomic E-state index is 13.7. The predicted molar refractivity (Wildman–Crippen MR) is 112 cm³/mol. The fraction of sp³-hybridized carbons (Fsp3) is 0.417. The molecule has 4 nitrogen and oxygen atoms in total. The van der Waals surface area contributed by atoms with Gasteiger partial charge in [0.05, 0.1) is 7.11 Å². The van der Waals surface area contributed by atoms with Crippen LogP contribution in [0.4, 0.5) is 4.39 Å². The van der Waals surface area contributed by atoms with Gasteiger partial charge in [-0.05, 0) is 73.9 Å². The number of methoxy groups -OCH3 is 1. The highest BCUT2D eigenvalue weighted by atomic mass is 19.1. The maximum atomic E-state index is 13.7. The Kier molecular flexibility index (Phi) is 4.92. The van der Waals surface area contributed by atoms with Crippen LogP contribution in [0.3, 0.4) is 0 Å². The van der Waals surface area contributed by atoms with E-state index in [1.54, 1.807) is 13.2 Å². The van der Waals surface area contributed by atoms with Gasteiger partial charge >= 0.3 is 0 Å². The van der Waals surface area contributed by atoms with Crippen molar-refractivity contribution in [3.8, 4) is 11.5 Å². The predicted octanol–water partition coefficient (Wildman–Crippen LogP) is 4.94. The van der Waals surface area contributed by atoms with Crippen LogP contribution in [0.15, 0.2) is 42.6 Å². The number of rotatable bonds is 4. The molecule has 2 N–H and O–H groups in total. The molecule has 0 amide bonds. The molecule has 1 aliphatic heterocycles. The average Bonchev–Trinajstić information content (AvgIpc) is 3.17. The monoisotopic (exact) mass is 394 g/mol. The molecule has 5 rings (SSSR count). The van der Waals surface area contributed by atoms with Crippen molar-refractivity contribution in [2.45, 2.75) is 50.1 Å². The number of benzene rings is 2. The van der Waals surface area contributed by atoms with Gasteiger partial charge in [-0.2, -0.15) is 0 Å². The van der Waals surface area contributed by atoms with Gasteiger partial charge < -0.3 is 19.8 Å². The summed E-state index contributed by atoms with van der Waals surface area (Å²) >= 11 is 0. The summed E-state index contributed by atoms with van der Waals surface area (Å²) < 4.78 is 25.2. The molecule has 152 valence electrons. The molecular weight excluding hydrogens is 367 g/mol. The highest BCUT2D eigenvalue weighted by Gasteiger charge is 2.28. The molecule has 1 saturated carbocycles. The van der Waals surface area contributed by atoms with Crippen LogP contribution >= 0.6 is 0 Å². The average molecular weight is 394 g/mol. The zero-order valence-electron chi connectivity index (χ0n) is 16.7. The van der Waals surface area contributed by atoms with E-state index in [1.807, 2.05) is 24.3 Å². The van der Waals surface area contributed by atoms with Gasteiger partial charge in [0, 0.05) is 34.7 Å². The lowest BCUT2D eigenvalue weighted by molar-refractivity contribution is 0.209. The first-order valence-electron chi connectivity index (χ1n) is 10.5. The van der Waals surface area contributed by atoms with Crippen LogP contribution < -0.4 is 14.8 Å². The minimum absolute atomic E-state index is 0.165. The number of halogens is 1. The van der Waals surface area contributed by atoms with E-state index in [0.29, 0.717) is 24.6 Å². The van der Waals surface area contributed by atoms with Gasteiger partial charge in [0.15, 0.2) is 0 Å². The quantitative estimate of drug-likeness (QED) is 0.659. The van der Waals surface area contributed by atoms with E-state index in [-0.39, 0.29) is 5.82 Å². The van der Waals surface area contributed by atoms with Gasteiger partial charge in [0.1, 0.15) is 23.9 Å². The van der Waals surface area contributed by atoms with Crippen molar-refractivity contribution in [1.82, 2.24) is 10.3 Å². The van der Waals surface area contributed by atoms with Crippen LogP contribution in [0.2, 0.25) is 0 Å². The third-order valence-electron chi connectivity index (χ3n) is 6.51. The summed E-state index contributed by atoms with van der Waals surface area (Å²) in [5.41, 5.74) is 3.44. The molecule has 2 aromatic carbocycles. The molecule has 1 fully saturated rings. The van der Waals surface area contributed by atoms with Crippen LogP contribution in [0, 0.1) is 5.82 Å². The molecule has 29 heavy (non-hydrogen) atoms. The first-order valence-corrected chi connectivity index (χ1v) is 10.5. The molecule has 1 unspecified atom stereocenters. The van der Waals surface area contributed by atoms with Gasteiger partial charge in [-0.1, -0.05) is 6.07 Å². The minimum atomic E-state index is -0.165. The molecule has 1 atom stereocenters. The van der Waals surface area contributed by atoms with E-state index in [4.69, 9.17) is 9.47 Å². The van der Waals surface area contributed by atoms with Gasteiger partial charge in [0.25, 0.3) is 0 Å². The second kappa shape index (κ2) is 7.71. The summed E-state index contributed by atoms with van der Waals surface area (Å²) in [6, 6.07) is 11.8. The number of hydrogen-bond acceptors (Lipinski definition) is 3. The first kappa shape index (κ1) is 18.5. The van der Waals surface area contributed by atoms with E-state index < -0.39 is 0 Å². The molecule has 5 heteroatoms. The summed E-state index contributed by atoms with van der Waals surface area (Å²) in [7, 11) is 1.71. The van der Waals surface area contributed by atoms with Crippen molar-refractivity contribution in [1.29, 1.82) is 0 Å². The lowest BCUT2D eigenvalue weighted by Gasteiger charge is -2.34. The van der Waals surface area contributed by atoms with Crippen molar-refractivity contribution >= 4 is 10.9 Å². The van der Waals surface area contributed by atoms with E-state index in [1.165, 1.54) is 11.6 Å². The Balaban J connectivity index is 1.22. The van der Waals surface area contributed by atoms with Gasteiger partial charge in [0.2, 0.25) is 0 Å². The molecular formula is C24H27FN2O2. The summed E-state index contributed by atoms with van der Waals surface area (Å²) in [6.07, 6.45) is 7.49. The van der Waals surface area contributed by atoms with Gasteiger partial charge in [-0.15, -0.1) is 0 Å². The van der Waals surface area contributed by atoms with Crippen molar-refractivity contribution in [2.75, 3.05) is 13.7 Å². The fourth-order valence-electron chi connectivity index (χ4n) is 5.03. The fourth-order valence-corrected chi connectivity index (χ4v) is 5.03. The zero-order valence-corrected chi connectivity index (χ0v) is 16.7. The van der Waals surface area contributed by atoms with Crippen molar-refractivity contribution < 1.29 is 13.9 Å². The highest BCUT2D eigenvalue weighted by molar-refractivity contribution is 5.83. The Hall–Kier alpha value is -2.53. The maximum Gasteiger partial charge on any atom is 0.126 e. The molecule has 3 aromatic rings. The Morgan fingerprint density at radius 2 is 1.97 bits per heavy atom. The van der Waals surface area contributed by atoms with E-state index >= 15 is 0 Å². The van der Waals surface area contributed by atoms with E-state index in [9.17, 15) is 4.39 Å². The summed E-state index contributed by atoms with van der Waals surface area (Å²) in [6.45, 7) is 0.696. The Bertz CT molecular complexity index is 993. The molecule has 0 saturated heterocycles. The number of fused-ring (bicyclic) bond motifs is 2. The summed E-state index contributed by atoms with van der Waals surface area (Å²) in [5, 5.41) is 4.85. The van der Waals surface area contributed by atoms with Crippen molar-refractivity contribution in [3.05, 3.63) is 59.5 Å². The van der Waals surface area contributed by atoms with Crippen LogP contribution in [0.25, 0.3) is 10.9 Å². The first-order chi connectivity index (χ1) is 14.2. The topological polar surface area (TPSA) is 46.3 Å². The number of aromatic nitrogens is 1. The number of aromatic amines is 1. The standard InChI is InChI=1S/C24H27FN2O2/c1-28-23-3-2-4-24-20(23)12-18(14-29-24)27-17-8-5-15(6-9-17)21-13-26-22-10-7-16(25)11-19(21)22/h2-4,7,10-11,13,15,17-18,26-27H,5-6,8-9,12,14H2,1H3/t15-,17+,18?. The highest BCUT2D eigenvalue weighted by Crippen LogP contribution is 2.38. The van der Waals surface area contributed by atoms with E-state index in [0.717, 1.165) is 60.1 Å². The Morgan fingerprint density at radius 3 is 2.79 bits per heavy atom. The van der Waals surface area contributed by atoms with Crippen LogP contribution in [0.1, 0.15) is 42.7 Å². The van der Waals surface area contributed by atoms with Crippen molar-refractivity contribution in [2.24, 2.45) is 0 Å². The minimum Gasteiger partial charge on any atom is -0.496 e. The molecule has 0 spiro atoms. The van der Waals surface area contributed by atoms with Gasteiger partial charge in [-0.3, -0.25) is 0 Å². The molecule has 2 heterocycles. The molecule has 2 aliphatic rings. The number of nitrogens with one attached hydrogen (secondary N) is 2. The second-order valence-corrected chi connectivity index (χ2v) is 8.30. The van der Waals surface area contributed by atoms with Crippen LogP contribution in [-0.4, -0.2) is 30.8 Å². The smallest absolute Gasteiger partial charge is 0.126 e. The van der Waals surface area contributed by atoms with Crippen LogP contribution in [-0.2, 0) is 6.42 Å². The number of ether oxygens (including phenoxy) is 2. The lowest BCUT2D eigenvalue weighted by Crippen LogP contribution is -2.46. The summed E-state index contributed by atoms with van der Waals surface area (Å²) in [5.74, 6) is 2.18.